The van der Waals surface area contributed by atoms with E-state index in [0.29, 0.717) is 17.9 Å². The van der Waals surface area contributed by atoms with E-state index in [1.165, 1.54) is 12.8 Å². The monoisotopic (exact) mass is 170 g/mol. The predicted molar refractivity (Wildman–Crippen MR) is 47.7 cm³/mol. The Bertz CT molecular complexity index is 149. The van der Waals surface area contributed by atoms with Gasteiger partial charge in [0, 0.05) is 25.7 Å². The van der Waals surface area contributed by atoms with E-state index >= 15 is 0 Å². The van der Waals surface area contributed by atoms with Crippen LogP contribution in [-0.2, 0) is 0 Å². The molecule has 2 unspecified atom stereocenters. The van der Waals surface area contributed by atoms with Crippen LogP contribution >= 0.6 is 0 Å². The second-order valence-electron chi connectivity index (χ2n) is 4.16. The SMILES string of the molecule is NC1C2CCC1CN(CCO)C2. The molecule has 2 atom stereocenters. The zero-order valence-corrected chi connectivity index (χ0v) is 7.45. The first-order valence-corrected chi connectivity index (χ1v) is 4.90. The second kappa shape index (κ2) is 3.32. The quantitative estimate of drug-likeness (QED) is 0.595. The fourth-order valence-corrected chi connectivity index (χ4v) is 2.69. The Balaban J connectivity index is 1.93. The van der Waals surface area contributed by atoms with Gasteiger partial charge in [0.05, 0.1) is 6.61 Å². The number of nitrogens with two attached hydrogens (primary N) is 1. The van der Waals surface area contributed by atoms with E-state index in [4.69, 9.17) is 10.8 Å². The summed E-state index contributed by atoms with van der Waals surface area (Å²) in [7, 11) is 0. The highest BCUT2D eigenvalue weighted by Gasteiger charge is 2.39. The topological polar surface area (TPSA) is 49.5 Å². The molecule has 2 fully saturated rings. The number of hydrogen-bond donors (Lipinski definition) is 2. The van der Waals surface area contributed by atoms with E-state index in [-0.39, 0.29) is 6.61 Å². The van der Waals surface area contributed by atoms with Crippen LogP contribution in [0.15, 0.2) is 0 Å². The largest absolute Gasteiger partial charge is 0.395 e. The third kappa shape index (κ3) is 1.37. The third-order valence-corrected chi connectivity index (χ3v) is 3.40. The number of β-amino-alcohol motifs (C(OH)–C–C–N with tert-alkyl or cyclic N) is 1. The highest BCUT2D eigenvalue weighted by molar-refractivity contribution is 4.95. The van der Waals surface area contributed by atoms with Gasteiger partial charge >= 0.3 is 0 Å². The maximum Gasteiger partial charge on any atom is 0.0558 e. The highest BCUT2D eigenvalue weighted by atomic mass is 16.3. The van der Waals surface area contributed by atoms with Gasteiger partial charge < -0.3 is 15.7 Å². The Kier molecular flexibility index (Phi) is 2.35. The van der Waals surface area contributed by atoms with Crippen LogP contribution < -0.4 is 5.73 Å². The third-order valence-electron chi connectivity index (χ3n) is 3.40. The number of fused-ring (bicyclic) bond motifs is 2. The molecule has 0 aromatic heterocycles. The first-order valence-electron chi connectivity index (χ1n) is 4.90. The number of piperidine rings is 1. The van der Waals surface area contributed by atoms with Gasteiger partial charge in [-0.2, -0.15) is 0 Å². The van der Waals surface area contributed by atoms with Crippen LogP contribution in [0.25, 0.3) is 0 Å². The van der Waals surface area contributed by atoms with Crippen LogP contribution in [0.1, 0.15) is 12.8 Å². The van der Waals surface area contributed by atoms with Crippen LogP contribution in [0.3, 0.4) is 0 Å². The number of hydrogen-bond acceptors (Lipinski definition) is 3. The normalized spacial score (nSPS) is 42.0. The minimum Gasteiger partial charge on any atom is -0.395 e. The molecule has 0 aromatic carbocycles. The van der Waals surface area contributed by atoms with Gasteiger partial charge in [-0.25, -0.2) is 0 Å². The Labute approximate surface area is 73.5 Å². The Morgan fingerprint density at radius 1 is 1.25 bits per heavy atom. The Morgan fingerprint density at radius 3 is 2.33 bits per heavy atom. The molecule has 1 saturated heterocycles. The highest BCUT2D eigenvalue weighted by Crippen LogP contribution is 2.35. The van der Waals surface area contributed by atoms with Crippen molar-refractivity contribution >= 4 is 0 Å². The van der Waals surface area contributed by atoms with Crippen LogP contribution in [0.5, 0.6) is 0 Å². The lowest BCUT2D eigenvalue weighted by molar-refractivity contribution is 0.120. The van der Waals surface area contributed by atoms with Gasteiger partial charge in [-0.1, -0.05) is 0 Å². The maximum atomic E-state index is 8.80. The molecule has 0 radical (unpaired) electrons. The summed E-state index contributed by atoms with van der Waals surface area (Å²) in [6.45, 7) is 3.34. The second-order valence-corrected chi connectivity index (χ2v) is 4.16. The van der Waals surface area contributed by atoms with Crippen LogP contribution in [0.2, 0.25) is 0 Å². The van der Waals surface area contributed by atoms with E-state index in [9.17, 15) is 0 Å². The van der Waals surface area contributed by atoms with Gasteiger partial charge in [0.15, 0.2) is 0 Å². The molecule has 2 aliphatic rings. The van der Waals surface area contributed by atoms with Gasteiger partial charge in [-0.05, 0) is 24.7 Å². The Morgan fingerprint density at radius 2 is 1.83 bits per heavy atom. The fraction of sp³-hybridized carbons (Fsp3) is 1.00. The first kappa shape index (κ1) is 8.48. The first-order chi connectivity index (χ1) is 5.81. The van der Waals surface area contributed by atoms with Crippen LogP contribution in [0.4, 0.5) is 0 Å². The summed E-state index contributed by atoms with van der Waals surface area (Å²) >= 11 is 0. The maximum absolute atomic E-state index is 8.80. The summed E-state index contributed by atoms with van der Waals surface area (Å²) in [4.78, 5) is 2.35. The van der Waals surface area contributed by atoms with E-state index in [1.54, 1.807) is 0 Å². The minimum atomic E-state index is 0.286. The molecule has 12 heavy (non-hydrogen) atoms. The number of aliphatic hydroxyl groups excluding tert-OH is 1. The lowest BCUT2D eigenvalue weighted by Crippen LogP contribution is -2.49. The average molecular weight is 170 g/mol. The molecule has 0 spiro atoms. The van der Waals surface area contributed by atoms with Crippen LogP contribution in [-0.4, -0.2) is 42.3 Å². The fourth-order valence-electron chi connectivity index (χ4n) is 2.69. The molecule has 2 rings (SSSR count). The van der Waals surface area contributed by atoms with Crippen molar-refractivity contribution in [1.29, 1.82) is 0 Å². The zero-order valence-electron chi connectivity index (χ0n) is 7.45. The summed E-state index contributed by atoms with van der Waals surface area (Å²) in [6, 6.07) is 0.444. The lowest BCUT2D eigenvalue weighted by atomic mass is 9.93. The van der Waals surface area contributed by atoms with Gasteiger partial charge in [0.2, 0.25) is 0 Å². The lowest BCUT2D eigenvalue weighted by Gasteiger charge is -2.35. The smallest absolute Gasteiger partial charge is 0.0558 e. The van der Waals surface area contributed by atoms with Crippen LogP contribution in [0, 0.1) is 11.8 Å². The van der Waals surface area contributed by atoms with Crippen molar-refractivity contribution in [3.8, 4) is 0 Å². The average Bonchev–Trinajstić information content (AvgIpc) is 2.33. The predicted octanol–water partition coefficient (Wildman–Crippen LogP) is -0.352. The number of nitrogens with zero attached hydrogens (tertiary/aromatic N) is 1. The van der Waals surface area contributed by atoms with Crippen molar-refractivity contribution in [3.63, 3.8) is 0 Å². The molecule has 70 valence electrons. The molecule has 1 aliphatic carbocycles. The summed E-state index contributed by atoms with van der Waals surface area (Å²) in [5, 5.41) is 8.80. The zero-order chi connectivity index (χ0) is 8.55. The summed E-state index contributed by atoms with van der Waals surface area (Å²) < 4.78 is 0. The van der Waals surface area contributed by atoms with E-state index < -0.39 is 0 Å². The van der Waals surface area contributed by atoms with Gasteiger partial charge in [-0.15, -0.1) is 0 Å². The summed E-state index contributed by atoms with van der Waals surface area (Å²) in [5.41, 5.74) is 6.05. The van der Waals surface area contributed by atoms with Gasteiger partial charge in [-0.3, -0.25) is 0 Å². The summed E-state index contributed by atoms with van der Waals surface area (Å²) in [5.74, 6) is 1.41. The molecule has 3 nitrogen and oxygen atoms in total. The van der Waals surface area contributed by atoms with E-state index in [1.807, 2.05) is 0 Å². The number of rotatable bonds is 2. The molecule has 1 heterocycles. The van der Waals surface area contributed by atoms with Crippen molar-refractivity contribution < 1.29 is 5.11 Å². The number of likely N-dealkylation sites (tertiary alicyclic amines) is 1. The van der Waals surface area contributed by atoms with Crippen molar-refractivity contribution in [1.82, 2.24) is 4.90 Å². The molecule has 2 bridgehead atoms. The molecule has 0 amide bonds. The standard InChI is InChI=1S/C9H18N2O/c10-9-7-1-2-8(9)6-11(5-7)3-4-12/h7-9,12H,1-6,10H2. The molecule has 1 saturated carbocycles. The molecule has 3 N–H and O–H groups in total. The summed E-state index contributed by atoms with van der Waals surface area (Å²) in [6.07, 6.45) is 2.60. The molecular formula is C9H18N2O. The van der Waals surface area contributed by atoms with Gasteiger partial charge in [0.1, 0.15) is 0 Å². The minimum absolute atomic E-state index is 0.286. The van der Waals surface area contributed by atoms with Crippen molar-refractivity contribution in [2.75, 3.05) is 26.2 Å². The van der Waals surface area contributed by atoms with E-state index in [2.05, 4.69) is 4.90 Å². The molecular weight excluding hydrogens is 152 g/mol. The van der Waals surface area contributed by atoms with E-state index in [0.717, 1.165) is 19.6 Å². The van der Waals surface area contributed by atoms with Gasteiger partial charge in [0.25, 0.3) is 0 Å². The molecule has 1 aliphatic heterocycles. The van der Waals surface area contributed by atoms with Crippen molar-refractivity contribution in [2.45, 2.75) is 18.9 Å². The van der Waals surface area contributed by atoms with Crippen molar-refractivity contribution in [2.24, 2.45) is 17.6 Å². The molecule has 3 heteroatoms. The van der Waals surface area contributed by atoms with Crippen molar-refractivity contribution in [3.05, 3.63) is 0 Å². The molecule has 0 aromatic rings. The Hall–Kier alpha value is -0.120. The number of aliphatic hydroxyl groups is 1.